The maximum absolute atomic E-state index is 12.0. The second-order valence-corrected chi connectivity index (χ2v) is 5.34. The number of anilines is 1. The fourth-order valence-electron chi connectivity index (χ4n) is 1.86. The van der Waals surface area contributed by atoms with Crippen LogP contribution in [0.1, 0.15) is 22.0 Å². The molecular formula is C14H16N2OS. The summed E-state index contributed by atoms with van der Waals surface area (Å²) in [6.07, 6.45) is 0. The van der Waals surface area contributed by atoms with Crippen LogP contribution in [0.2, 0.25) is 0 Å². The summed E-state index contributed by atoms with van der Waals surface area (Å²) in [5.74, 6) is -0.178. The Hall–Kier alpha value is -1.65. The highest BCUT2D eigenvalue weighted by molar-refractivity contribution is 7.10. The third kappa shape index (κ3) is 2.97. The smallest absolute Gasteiger partial charge is 0.246 e. The maximum atomic E-state index is 12.0. The molecule has 0 fully saturated rings. The Bertz CT molecular complexity index is 529. The lowest BCUT2D eigenvalue weighted by atomic mass is 10.1. The second-order valence-electron chi connectivity index (χ2n) is 4.36. The van der Waals surface area contributed by atoms with Crippen LogP contribution in [0.25, 0.3) is 0 Å². The van der Waals surface area contributed by atoms with E-state index in [1.807, 2.05) is 43.5 Å². The van der Waals surface area contributed by atoms with Gasteiger partial charge in [0.15, 0.2) is 0 Å². The number of amides is 1. The molecule has 18 heavy (non-hydrogen) atoms. The first-order valence-electron chi connectivity index (χ1n) is 5.74. The number of rotatable bonds is 3. The van der Waals surface area contributed by atoms with Crippen molar-refractivity contribution in [3.8, 4) is 0 Å². The Morgan fingerprint density at radius 3 is 2.50 bits per heavy atom. The van der Waals surface area contributed by atoms with Crippen LogP contribution < -0.4 is 11.1 Å². The molecule has 0 spiro atoms. The van der Waals surface area contributed by atoms with Crippen LogP contribution >= 0.6 is 11.3 Å². The number of carbonyl (C=O) groups is 1. The quantitative estimate of drug-likeness (QED) is 0.891. The molecule has 1 heterocycles. The van der Waals surface area contributed by atoms with Gasteiger partial charge in [0.1, 0.15) is 6.04 Å². The fourth-order valence-corrected chi connectivity index (χ4v) is 2.59. The monoisotopic (exact) mass is 260 g/mol. The number of aryl methyl sites for hydroxylation is 2. The molecule has 1 amide bonds. The summed E-state index contributed by atoms with van der Waals surface area (Å²) in [7, 11) is 0. The summed E-state index contributed by atoms with van der Waals surface area (Å²) in [6.45, 7) is 4.00. The molecule has 1 unspecified atom stereocenters. The zero-order valence-electron chi connectivity index (χ0n) is 10.4. The van der Waals surface area contributed by atoms with Crippen molar-refractivity contribution in [2.24, 2.45) is 5.73 Å². The van der Waals surface area contributed by atoms with E-state index in [2.05, 4.69) is 11.4 Å². The molecule has 0 saturated carbocycles. The molecule has 0 aliphatic heterocycles. The number of hydrogen-bond donors (Lipinski definition) is 2. The van der Waals surface area contributed by atoms with Crippen LogP contribution in [0.5, 0.6) is 0 Å². The standard InChI is InChI=1S/C14H16N2OS/c1-9-6-10(2)8-11(7-9)16-14(17)13(15)12-4-3-5-18-12/h3-8,13H,15H2,1-2H3,(H,16,17). The van der Waals surface area contributed by atoms with E-state index in [1.54, 1.807) is 0 Å². The second kappa shape index (κ2) is 5.33. The fraction of sp³-hybridized carbons (Fsp3) is 0.214. The van der Waals surface area contributed by atoms with Gasteiger partial charge in [-0.15, -0.1) is 11.3 Å². The summed E-state index contributed by atoms with van der Waals surface area (Å²) in [6, 6.07) is 9.10. The van der Waals surface area contributed by atoms with Crippen LogP contribution in [0.3, 0.4) is 0 Å². The number of nitrogens with two attached hydrogens (primary N) is 1. The molecule has 1 aromatic carbocycles. The van der Waals surface area contributed by atoms with Crippen molar-refractivity contribution in [2.75, 3.05) is 5.32 Å². The summed E-state index contributed by atoms with van der Waals surface area (Å²) in [5, 5.41) is 4.77. The number of hydrogen-bond acceptors (Lipinski definition) is 3. The normalized spacial score (nSPS) is 12.2. The van der Waals surface area contributed by atoms with E-state index in [9.17, 15) is 4.79 Å². The Kier molecular flexibility index (Phi) is 3.79. The summed E-state index contributed by atoms with van der Waals surface area (Å²) < 4.78 is 0. The van der Waals surface area contributed by atoms with Crippen LogP contribution in [-0.2, 0) is 4.79 Å². The summed E-state index contributed by atoms with van der Waals surface area (Å²) >= 11 is 1.49. The van der Waals surface area contributed by atoms with Crippen molar-refractivity contribution in [3.63, 3.8) is 0 Å². The van der Waals surface area contributed by atoms with Crippen LogP contribution in [0.15, 0.2) is 35.7 Å². The molecule has 1 aromatic heterocycles. The third-order valence-electron chi connectivity index (χ3n) is 2.62. The van der Waals surface area contributed by atoms with E-state index in [0.29, 0.717) is 0 Å². The van der Waals surface area contributed by atoms with Crippen molar-refractivity contribution < 1.29 is 4.79 Å². The summed E-state index contributed by atoms with van der Waals surface area (Å²) in [4.78, 5) is 12.9. The first kappa shape index (κ1) is 12.8. The highest BCUT2D eigenvalue weighted by Gasteiger charge is 2.16. The van der Waals surface area contributed by atoms with E-state index in [0.717, 1.165) is 21.7 Å². The van der Waals surface area contributed by atoms with Crippen molar-refractivity contribution in [1.82, 2.24) is 0 Å². The molecule has 0 radical (unpaired) electrons. The average molecular weight is 260 g/mol. The number of carbonyl (C=O) groups excluding carboxylic acids is 1. The minimum Gasteiger partial charge on any atom is -0.324 e. The average Bonchev–Trinajstić information content (AvgIpc) is 2.79. The number of benzene rings is 1. The summed E-state index contributed by atoms with van der Waals surface area (Å²) in [5.41, 5.74) is 8.94. The van der Waals surface area contributed by atoms with Crippen LogP contribution in [0.4, 0.5) is 5.69 Å². The molecule has 0 aliphatic carbocycles. The van der Waals surface area contributed by atoms with Gasteiger partial charge in [0.2, 0.25) is 5.91 Å². The van der Waals surface area contributed by atoms with E-state index < -0.39 is 6.04 Å². The lowest BCUT2D eigenvalue weighted by Gasteiger charge is -2.11. The number of nitrogens with one attached hydrogen (secondary N) is 1. The van der Waals surface area contributed by atoms with Crippen molar-refractivity contribution in [3.05, 3.63) is 51.7 Å². The Morgan fingerprint density at radius 2 is 1.94 bits per heavy atom. The third-order valence-corrected chi connectivity index (χ3v) is 3.58. The Balaban J connectivity index is 2.11. The molecule has 0 aliphatic rings. The molecular weight excluding hydrogens is 244 g/mol. The molecule has 2 rings (SSSR count). The first-order valence-corrected chi connectivity index (χ1v) is 6.62. The SMILES string of the molecule is Cc1cc(C)cc(NC(=O)C(N)c2cccs2)c1. The van der Waals surface area contributed by atoms with E-state index in [1.165, 1.54) is 11.3 Å². The molecule has 0 bridgehead atoms. The zero-order valence-corrected chi connectivity index (χ0v) is 11.3. The molecule has 4 heteroatoms. The van der Waals surface area contributed by atoms with Crippen molar-refractivity contribution in [2.45, 2.75) is 19.9 Å². The predicted molar refractivity (Wildman–Crippen MR) is 75.8 cm³/mol. The van der Waals surface area contributed by atoms with Gasteiger partial charge in [0.25, 0.3) is 0 Å². The van der Waals surface area contributed by atoms with E-state index in [4.69, 9.17) is 5.73 Å². The van der Waals surface area contributed by atoms with Crippen LogP contribution in [-0.4, -0.2) is 5.91 Å². The molecule has 3 N–H and O–H groups in total. The van der Waals surface area contributed by atoms with Gasteiger partial charge >= 0.3 is 0 Å². The highest BCUT2D eigenvalue weighted by Crippen LogP contribution is 2.19. The van der Waals surface area contributed by atoms with Gasteiger partial charge in [-0.1, -0.05) is 12.1 Å². The largest absolute Gasteiger partial charge is 0.324 e. The number of thiophene rings is 1. The molecule has 1 atom stereocenters. The Labute approximate surface area is 111 Å². The van der Waals surface area contributed by atoms with Gasteiger partial charge in [-0.05, 0) is 48.6 Å². The van der Waals surface area contributed by atoms with Gasteiger partial charge in [0, 0.05) is 10.6 Å². The zero-order chi connectivity index (χ0) is 13.1. The Morgan fingerprint density at radius 1 is 1.28 bits per heavy atom. The van der Waals surface area contributed by atoms with E-state index in [-0.39, 0.29) is 5.91 Å². The molecule has 2 aromatic rings. The highest BCUT2D eigenvalue weighted by atomic mass is 32.1. The predicted octanol–water partition coefficient (Wildman–Crippen LogP) is 3.00. The lowest BCUT2D eigenvalue weighted by molar-refractivity contribution is -0.117. The minimum absolute atomic E-state index is 0.178. The molecule has 94 valence electrons. The maximum Gasteiger partial charge on any atom is 0.246 e. The van der Waals surface area contributed by atoms with Crippen LogP contribution in [0, 0.1) is 13.8 Å². The van der Waals surface area contributed by atoms with Gasteiger partial charge in [-0.3, -0.25) is 4.79 Å². The lowest BCUT2D eigenvalue weighted by Crippen LogP contribution is -2.27. The van der Waals surface area contributed by atoms with Gasteiger partial charge in [-0.2, -0.15) is 0 Å². The van der Waals surface area contributed by atoms with Crippen molar-refractivity contribution in [1.29, 1.82) is 0 Å². The minimum atomic E-state index is -0.606. The topological polar surface area (TPSA) is 55.1 Å². The molecule has 0 saturated heterocycles. The van der Waals surface area contributed by atoms with Crippen molar-refractivity contribution >= 4 is 22.9 Å². The molecule has 3 nitrogen and oxygen atoms in total. The van der Waals surface area contributed by atoms with E-state index >= 15 is 0 Å². The van der Waals surface area contributed by atoms with Gasteiger partial charge in [-0.25, -0.2) is 0 Å². The van der Waals surface area contributed by atoms with Gasteiger partial charge < -0.3 is 11.1 Å². The van der Waals surface area contributed by atoms with Gasteiger partial charge in [0.05, 0.1) is 0 Å². The first-order chi connectivity index (χ1) is 8.56.